The second-order valence-corrected chi connectivity index (χ2v) is 16.5. The minimum absolute atomic E-state index is 1.15. The molecule has 3 heterocycles. The fraction of sp³-hybridized carbons (Fsp3) is 0. The summed E-state index contributed by atoms with van der Waals surface area (Å²) < 4.78 is 7.26. The predicted octanol–water partition coefficient (Wildman–Crippen LogP) is 16.0. The number of hydrogen-bond acceptors (Lipinski definition) is 0. The fourth-order valence-corrected chi connectivity index (χ4v) is 10.2. The Hall–Kier alpha value is -8.40. The average Bonchev–Trinajstić information content (AvgIpc) is 4.00. The first-order valence-electron chi connectivity index (χ1n) is 21.7. The van der Waals surface area contributed by atoms with Crippen LogP contribution in [-0.2, 0) is 0 Å². The monoisotopic (exact) mass is 801 g/mol. The number of aromatic nitrogens is 3. The van der Waals surface area contributed by atoms with Crippen molar-refractivity contribution < 1.29 is 0 Å². The van der Waals surface area contributed by atoms with Crippen LogP contribution in [0.1, 0.15) is 0 Å². The summed E-state index contributed by atoms with van der Waals surface area (Å²) in [5.41, 5.74) is 17.8. The number of para-hydroxylation sites is 5. The molecule has 0 aliphatic rings. The molecule has 0 aliphatic heterocycles. The molecule has 0 amide bonds. The van der Waals surface area contributed by atoms with Crippen molar-refractivity contribution in [2.75, 3.05) is 0 Å². The van der Waals surface area contributed by atoms with Gasteiger partial charge in [0.05, 0.1) is 38.8 Å². The Balaban J connectivity index is 0.934. The molecule has 0 atom stereocenters. The van der Waals surface area contributed by atoms with Crippen LogP contribution in [0.15, 0.2) is 237 Å². The molecule has 0 unspecified atom stereocenters. The minimum Gasteiger partial charge on any atom is -0.309 e. The van der Waals surface area contributed by atoms with Crippen molar-refractivity contribution in [2.24, 2.45) is 0 Å². The zero-order valence-electron chi connectivity index (χ0n) is 34.4. The maximum absolute atomic E-state index is 2.46. The van der Waals surface area contributed by atoms with Gasteiger partial charge in [-0.05, 0) is 107 Å². The third-order valence-corrected chi connectivity index (χ3v) is 13.1. The van der Waals surface area contributed by atoms with E-state index in [1.807, 2.05) is 0 Å². The summed E-state index contributed by atoms with van der Waals surface area (Å²) in [6, 6.07) is 86.4. The van der Waals surface area contributed by atoms with Crippen molar-refractivity contribution in [1.82, 2.24) is 13.7 Å². The highest BCUT2D eigenvalue weighted by Gasteiger charge is 2.19. The molecule has 0 bridgehead atoms. The number of hydrogen-bond donors (Lipinski definition) is 0. The molecule has 10 aromatic carbocycles. The zero-order chi connectivity index (χ0) is 41.4. The molecule has 0 saturated heterocycles. The molecule has 3 nitrogen and oxygen atoms in total. The molecular formula is C60H39N3. The molecule has 13 rings (SSSR count). The highest BCUT2D eigenvalue weighted by Crippen LogP contribution is 2.41. The quantitative estimate of drug-likeness (QED) is 0.159. The van der Waals surface area contributed by atoms with Crippen LogP contribution in [0.4, 0.5) is 0 Å². The van der Waals surface area contributed by atoms with Crippen LogP contribution in [-0.4, -0.2) is 13.7 Å². The Bertz CT molecular complexity index is 3850. The lowest BCUT2D eigenvalue weighted by Gasteiger charge is -2.15. The molecule has 0 radical (unpaired) electrons. The first-order chi connectivity index (χ1) is 31.3. The highest BCUT2D eigenvalue weighted by atomic mass is 15.0. The Kier molecular flexibility index (Phi) is 7.91. The van der Waals surface area contributed by atoms with Gasteiger partial charge in [-0.1, -0.05) is 158 Å². The van der Waals surface area contributed by atoms with Crippen molar-refractivity contribution in [3.05, 3.63) is 237 Å². The Morgan fingerprint density at radius 2 is 0.619 bits per heavy atom. The van der Waals surface area contributed by atoms with Crippen molar-refractivity contribution in [2.45, 2.75) is 0 Å². The molecule has 0 spiro atoms. The van der Waals surface area contributed by atoms with Gasteiger partial charge in [0, 0.05) is 49.3 Å². The smallest absolute Gasteiger partial charge is 0.0541 e. The standard InChI is InChI=1S/C60H39N3/c1-2-15-40(16-3-1)41-29-33-45(34-30-41)61-57-27-12-7-22-50(57)53-39-44(32-36-59(53)61)47-19-4-9-24-54(47)63-58-28-13-8-23-51(58)52-38-43(31-35-60(52)63)42-17-14-18-46(37-42)62-55-25-10-5-20-48(55)49-21-6-11-26-56(49)62/h1-39H. The molecule has 13 aromatic rings. The van der Waals surface area contributed by atoms with E-state index < -0.39 is 0 Å². The molecule has 3 heteroatoms. The van der Waals surface area contributed by atoms with E-state index in [9.17, 15) is 0 Å². The maximum atomic E-state index is 2.46. The summed E-state index contributed by atoms with van der Waals surface area (Å²) in [7, 11) is 0. The van der Waals surface area contributed by atoms with E-state index >= 15 is 0 Å². The summed E-state index contributed by atoms with van der Waals surface area (Å²) in [6.07, 6.45) is 0. The van der Waals surface area contributed by atoms with E-state index in [4.69, 9.17) is 0 Å². The van der Waals surface area contributed by atoms with Crippen LogP contribution in [0.2, 0.25) is 0 Å². The van der Waals surface area contributed by atoms with Gasteiger partial charge in [0.2, 0.25) is 0 Å². The van der Waals surface area contributed by atoms with Gasteiger partial charge in [-0.2, -0.15) is 0 Å². The van der Waals surface area contributed by atoms with Gasteiger partial charge in [-0.15, -0.1) is 0 Å². The summed E-state index contributed by atoms with van der Waals surface area (Å²) >= 11 is 0. The number of nitrogens with zero attached hydrogens (tertiary/aromatic N) is 3. The lowest BCUT2D eigenvalue weighted by atomic mass is 10.0. The molecule has 0 N–H and O–H groups in total. The lowest BCUT2D eigenvalue weighted by Crippen LogP contribution is -1.97. The summed E-state index contributed by atoms with van der Waals surface area (Å²) in [4.78, 5) is 0. The lowest BCUT2D eigenvalue weighted by molar-refractivity contribution is 1.18. The van der Waals surface area contributed by atoms with Crippen LogP contribution in [0.25, 0.3) is 116 Å². The summed E-state index contributed by atoms with van der Waals surface area (Å²) in [5, 5.41) is 7.48. The number of fused-ring (bicyclic) bond motifs is 9. The molecule has 0 fully saturated rings. The molecule has 294 valence electrons. The largest absolute Gasteiger partial charge is 0.309 e. The maximum Gasteiger partial charge on any atom is 0.0541 e. The molecule has 3 aromatic heterocycles. The third-order valence-electron chi connectivity index (χ3n) is 13.1. The van der Waals surface area contributed by atoms with Gasteiger partial charge in [0.15, 0.2) is 0 Å². The van der Waals surface area contributed by atoms with Gasteiger partial charge in [-0.3, -0.25) is 0 Å². The van der Waals surface area contributed by atoms with Crippen LogP contribution < -0.4 is 0 Å². The van der Waals surface area contributed by atoms with Gasteiger partial charge in [-0.25, -0.2) is 0 Å². The van der Waals surface area contributed by atoms with Crippen LogP contribution in [0.3, 0.4) is 0 Å². The third kappa shape index (κ3) is 5.53. The van der Waals surface area contributed by atoms with Crippen molar-refractivity contribution >= 4 is 65.4 Å². The van der Waals surface area contributed by atoms with E-state index in [1.54, 1.807) is 0 Å². The van der Waals surface area contributed by atoms with Crippen molar-refractivity contribution in [3.8, 4) is 50.4 Å². The number of benzene rings is 10. The van der Waals surface area contributed by atoms with Crippen LogP contribution >= 0.6 is 0 Å². The van der Waals surface area contributed by atoms with Gasteiger partial charge < -0.3 is 13.7 Å². The van der Waals surface area contributed by atoms with Crippen molar-refractivity contribution in [3.63, 3.8) is 0 Å². The highest BCUT2D eigenvalue weighted by molar-refractivity contribution is 6.13. The minimum atomic E-state index is 1.15. The SMILES string of the molecule is c1ccc(-c2ccc(-n3c4ccccc4c4cc(-c5ccccc5-n5c6ccccc6c6cc(-c7cccc(-n8c9ccccc9c9ccccc98)c7)ccc65)ccc43)cc2)cc1. The van der Waals surface area contributed by atoms with Crippen LogP contribution in [0.5, 0.6) is 0 Å². The average molecular weight is 802 g/mol. The van der Waals surface area contributed by atoms with Gasteiger partial charge in [0.25, 0.3) is 0 Å². The molecule has 0 saturated carbocycles. The Labute approximate surface area is 364 Å². The first kappa shape index (κ1) is 35.4. The van der Waals surface area contributed by atoms with E-state index in [0.29, 0.717) is 0 Å². The number of rotatable bonds is 6. The second kappa shape index (κ2) is 14.1. The topological polar surface area (TPSA) is 14.8 Å². The fourth-order valence-electron chi connectivity index (χ4n) is 10.2. The van der Waals surface area contributed by atoms with Gasteiger partial charge >= 0.3 is 0 Å². The predicted molar refractivity (Wildman–Crippen MR) is 266 cm³/mol. The van der Waals surface area contributed by atoms with Crippen molar-refractivity contribution in [1.29, 1.82) is 0 Å². The summed E-state index contributed by atoms with van der Waals surface area (Å²) in [6.45, 7) is 0. The summed E-state index contributed by atoms with van der Waals surface area (Å²) in [5.74, 6) is 0. The Morgan fingerprint density at radius 3 is 1.27 bits per heavy atom. The van der Waals surface area contributed by atoms with E-state index in [0.717, 1.165) is 17.1 Å². The Morgan fingerprint density at radius 1 is 0.206 bits per heavy atom. The molecule has 63 heavy (non-hydrogen) atoms. The first-order valence-corrected chi connectivity index (χ1v) is 21.7. The van der Waals surface area contributed by atoms with Crippen LogP contribution in [0, 0.1) is 0 Å². The van der Waals surface area contributed by atoms with E-state index in [1.165, 1.54) is 98.8 Å². The molecular weight excluding hydrogens is 763 g/mol. The van der Waals surface area contributed by atoms with E-state index in [-0.39, 0.29) is 0 Å². The normalized spacial score (nSPS) is 11.8. The molecule has 0 aliphatic carbocycles. The van der Waals surface area contributed by atoms with E-state index in [2.05, 4.69) is 250 Å². The second-order valence-electron chi connectivity index (χ2n) is 16.5. The zero-order valence-corrected chi connectivity index (χ0v) is 34.4. The van der Waals surface area contributed by atoms with Gasteiger partial charge in [0.1, 0.15) is 0 Å².